The summed E-state index contributed by atoms with van der Waals surface area (Å²) in [4.78, 5) is 23.0. The summed E-state index contributed by atoms with van der Waals surface area (Å²) in [5.74, 6) is 2.44. The minimum Gasteiger partial charge on any atom is -0.444 e. The number of aromatic nitrogens is 1. The first kappa shape index (κ1) is 19.9. The number of likely N-dealkylation sites (tertiary alicyclic amines) is 1. The standard InChI is InChI=1S/C21H29N5O2/c1-4-22-21(24-13-19-25-15(2)16(3)28-19)23-12-17-8-5-6-9-18(17)14-26-11-7-10-20(26)27/h5-6,8-9H,4,7,10-14H2,1-3H3,(H2,22,23,24). The zero-order valence-electron chi connectivity index (χ0n) is 16.9. The van der Waals surface area contributed by atoms with Crippen molar-refractivity contribution in [3.05, 3.63) is 52.7 Å². The first-order valence-electron chi connectivity index (χ1n) is 9.86. The highest BCUT2D eigenvalue weighted by Gasteiger charge is 2.20. The molecule has 0 unspecified atom stereocenters. The third-order valence-corrected chi connectivity index (χ3v) is 4.88. The van der Waals surface area contributed by atoms with Crippen LogP contribution < -0.4 is 10.6 Å². The number of oxazole rings is 1. The van der Waals surface area contributed by atoms with E-state index < -0.39 is 0 Å². The molecule has 28 heavy (non-hydrogen) atoms. The van der Waals surface area contributed by atoms with E-state index in [2.05, 4.69) is 27.8 Å². The Hall–Kier alpha value is -2.83. The molecule has 0 spiro atoms. The number of nitrogens with zero attached hydrogens (tertiary/aromatic N) is 3. The van der Waals surface area contributed by atoms with Crippen LogP contribution in [0.4, 0.5) is 0 Å². The maximum absolute atomic E-state index is 12.0. The SMILES string of the molecule is CCNC(=NCc1ccccc1CN1CCCC1=O)NCc1nc(C)c(C)o1. The van der Waals surface area contributed by atoms with Gasteiger partial charge < -0.3 is 20.0 Å². The number of hydrogen-bond donors (Lipinski definition) is 2. The monoisotopic (exact) mass is 383 g/mol. The lowest BCUT2D eigenvalue weighted by molar-refractivity contribution is -0.128. The Kier molecular flexibility index (Phi) is 6.68. The van der Waals surface area contributed by atoms with Crippen molar-refractivity contribution < 1.29 is 9.21 Å². The van der Waals surface area contributed by atoms with Gasteiger partial charge in [-0.3, -0.25) is 4.79 Å². The second kappa shape index (κ2) is 9.39. The van der Waals surface area contributed by atoms with Crippen LogP contribution in [-0.2, 0) is 24.4 Å². The molecular formula is C21H29N5O2. The number of carbonyl (C=O) groups is 1. The number of guanidine groups is 1. The van der Waals surface area contributed by atoms with Gasteiger partial charge in [0.25, 0.3) is 0 Å². The van der Waals surface area contributed by atoms with E-state index in [1.54, 1.807) is 0 Å². The maximum Gasteiger partial charge on any atom is 0.222 e. The molecule has 1 amide bonds. The van der Waals surface area contributed by atoms with Crippen LogP contribution >= 0.6 is 0 Å². The summed E-state index contributed by atoms with van der Waals surface area (Å²) in [5, 5.41) is 6.51. The van der Waals surface area contributed by atoms with E-state index in [1.165, 1.54) is 0 Å². The lowest BCUT2D eigenvalue weighted by Gasteiger charge is -2.18. The third-order valence-electron chi connectivity index (χ3n) is 4.88. The van der Waals surface area contributed by atoms with Crippen molar-refractivity contribution in [1.82, 2.24) is 20.5 Å². The molecule has 0 radical (unpaired) electrons. The summed E-state index contributed by atoms with van der Waals surface area (Å²) in [6, 6.07) is 8.18. The summed E-state index contributed by atoms with van der Waals surface area (Å²) in [7, 11) is 0. The molecule has 2 N–H and O–H groups in total. The molecule has 0 atom stereocenters. The van der Waals surface area contributed by atoms with Gasteiger partial charge in [-0.25, -0.2) is 9.98 Å². The predicted molar refractivity (Wildman–Crippen MR) is 109 cm³/mol. The number of rotatable bonds is 7. The second-order valence-electron chi connectivity index (χ2n) is 6.99. The van der Waals surface area contributed by atoms with Gasteiger partial charge in [0.05, 0.1) is 18.8 Å². The molecule has 7 nitrogen and oxygen atoms in total. The fourth-order valence-corrected chi connectivity index (χ4v) is 3.22. The smallest absolute Gasteiger partial charge is 0.222 e. The molecular weight excluding hydrogens is 354 g/mol. The van der Waals surface area contributed by atoms with Crippen molar-refractivity contribution in [2.24, 2.45) is 4.99 Å². The normalized spacial score (nSPS) is 14.6. The summed E-state index contributed by atoms with van der Waals surface area (Å²) in [5.41, 5.74) is 3.18. The highest BCUT2D eigenvalue weighted by atomic mass is 16.4. The molecule has 0 saturated carbocycles. The molecule has 3 rings (SSSR count). The van der Waals surface area contributed by atoms with Gasteiger partial charge in [-0.15, -0.1) is 0 Å². The predicted octanol–water partition coefficient (Wildman–Crippen LogP) is 2.67. The van der Waals surface area contributed by atoms with Crippen LogP contribution in [0.1, 0.15) is 48.2 Å². The molecule has 0 bridgehead atoms. The zero-order valence-corrected chi connectivity index (χ0v) is 16.9. The summed E-state index contributed by atoms with van der Waals surface area (Å²) < 4.78 is 5.62. The minimum absolute atomic E-state index is 0.241. The van der Waals surface area contributed by atoms with Crippen LogP contribution in [0, 0.1) is 13.8 Å². The fraction of sp³-hybridized carbons (Fsp3) is 0.476. The van der Waals surface area contributed by atoms with E-state index in [1.807, 2.05) is 37.8 Å². The van der Waals surface area contributed by atoms with Gasteiger partial charge in [0, 0.05) is 26.1 Å². The number of aryl methyl sites for hydroxylation is 2. The van der Waals surface area contributed by atoms with Crippen LogP contribution in [0.3, 0.4) is 0 Å². The van der Waals surface area contributed by atoms with E-state index in [4.69, 9.17) is 9.41 Å². The Morgan fingerprint density at radius 3 is 2.68 bits per heavy atom. The van der Waals surface area contributed by atoms with Gasteiger partial charge in [0.2, 0.25) is 11.8 Å². The molecule has 1 aliphatic heterocycles. The molecule has 7 heteroatoms. The van der Waals surface area contributed by atoms with Crippen molar-refractivity contribution in [3.8, 4) is 0 Å². The van der Waals surface area contributed by atoms with Crippen molar-refractivity contribution in [1.29, 1.82) is 0 Å². The molecule has 2 aromatic rings. The van der Waals surface area contributed by atoms with Gasteiger partial charge in [-0.2, -0.15) is 0 Å². The molecule has 1 aromatic heterocycles. The lowest BCUT2D eigenvalue weighted by Crippen LogP contribution is -2.36. The molecule has 2 heterocycles. The quantitative estimate of drug-likeness (QED) is 0.567. The Morgan fingerprint density at radius 2 is 2.04 bits per heavy atom. The highest BCUT2D eigenvalue weighted by Crippen LogP contribution is 2.18. The molecule has 0 aliphatic carbocycles. The van der Waals surface area contributed by atoms with Crippen LogP contribution in [0.25, 0.3) is 0 Å². The number of amides is 1. The Bertz CT molecular complexity index is 824. The largest absolute Gasteiger partial charge is 0.444 e. The molecule has 1 fully saturated rings. The van der Waals surface area contributed by atoms with Crippen LogP contribution in [0.15, 0.2) is 33.7 Å². The number of benzene rings is 1. The zero-order chi connectivity index (χ0) is 19.9. The van der Waals surface area contributed by atoms with Gasteiger partial charge in [-0.05, 0) is 38.3 Å². The van der Waals surface area contributed by atoms with Gasteiger partial charge in [0.1, 0.15) is 5.76 Å². The van der Waals surface area contributed by atoms with Crippen molar-refractivity contribution >= 4 is 11.9 Å². The fourth-order valence-electron chi connectivity index (χ4n) is 3.22. The van der Waals surface area contributed by atoms with Crippen molar-refractivity contribution in [2.45, 2.75) is 53.2 Å². The first-order valence-corrected chi connectivity index (χ1v) is 9.86. The van der Waals surface area contributed by atoms with Crippen LogP contribution in [0.5, 0.6) is 0 Å². The average molecular weight is 383 g/mol. The van der Waals surface area contributed by atoms with E-state index in [-0.39, 0.29) is 5.91 Å². The van der Waals surface area contributed by atoms with Gasteiger partial charge >= 0.3 is 0 Å². The average Bonchev–Trinajstić information content (AvgIpc) is 3.23. The third kappa shape index (κ3) is 5.12. The minimum atomic E-state index is 0.241. The Balaban J connectivity index is 1.66. The Morgan fingerprint density at radius 1 is 1.25 bits per heavy atom. The first-order chi connectivity index (χ1) is 13.6. The topological polar surface area (TPSA) is 82.8 Å². The molecule has 1 saturated heterocycles. The van der Waals surface area contributed by atoms with Crippen molar-refractivity contribution in [3.63, 3.8) is 0 Å². The lowest BCUT2D eigenvalue weighted by atomic mass is 10.1. The number of nitrogens with one attached hydrogen (secondary N) is 2. The Labute approximate surface area is 166 Å². The van der Waals surface area contributed by atoms with Gasteiger partial charge in [-0.1, -0.05) is 24.3 Å². The highest BCUT2D eigenvalue weighted by molar-refractivity contribution is 5.79. The van der Waals surface area contributed by atoms with Gasteiger partial charge in [0.15, 0.2) is 5.96 Å². The maximum atomic E-state index is 12.0. The molecule has 150 valence electrons. The number of carbonyl (C=O) groups excluding carboxylic acids is 1. The van der Waals surface area contributed by atoms with E-state index >= 15 is 0 Å². The summed E-state index contributed by atoms with van der Waals surface area (Å²) in [6.07, 6.45) is 1.61. The van der Waals surface area contributed by atoms with E-state index in [9.17, 15) is 4.79 Å². The number of aliphatic imine (C=N–C) groups is 1. The van der Waals surface area contributed by atoms with Crippen LogP contribution in [-0.4, -0.2) is 34.8 Å². The molecule has 1 aromatic carbocycles. The van der Waals surface area contributed by atoms with E-state index in [0.717, 1.165) is 42.1 Å². The summed E-state index contributed by atoms with van der Waals surface area (Å²) in [6.45, 7) is 9.15. The summed E-state index contributed by atoms with van der Waals surface area (Å²) >= 11 is 0. The molecule has 1 aliphatic rings. The van der Waals surface area contributed by atoms with Crippen LogP contribution in [0.2, 0.25) is 0 Å². The number of hydrogen-bond acceptors (Lipinski definition) is 4. The van der Waals surface area contributed by atoms with E-state index in [0.29, 0.717) is 37.9 Å². The van der Waals surface area contributed by atoms with Crippen molar-refractivity contribution in [2.75, 3.05) is 13.1 Å². The second-order valence-corrected chi connectivity index (χ2v) is 6.99.